The maximum Gasteiger partial charge on any atom is 0.511 e. The van der Waals surface area contributed by atoms with Crippen molar-refractivity contribution in [3.8, 4) is 6.01 Å². The number of nitrogens with zero attached hydrogens (tertiary/aromatic N) is 3. The topological polar surface area (TPSA) is 106 Å². The van der Waals surface area contributed by atoms with Crippen LogP contribution in [0.5, 0.6) is 6.01 Å². The van der Waals surface area contributed by atoms with Gasteiger partial charge in [0, 0.05) is 32.3 Å². The second-order valence-corrected chi connectivity index (χ2v) is 10.4. The zero-order valence-corrected chi connectivity index (χ0v) is 22.0. The molecule has 0 bridgehead atoms. The first-order valence-corrected chi connectivity index (χ1v) is 13.8. The molecule has 13 heteroatoms. The van der Waals surface area contributed by atoms with Crippen LogP contribution in [0.1, 0.15) is 51.5 Å². The van der Waals surface area contributed by atoms with Gasteiger partial charge in [0.25, 0.3) is 0 Å². The van der Waals surface area contributed by atoms with Crippen molar-refractivity contribution in [2.45, 2.75) is 57.5 Å². The first-order chi connectivity index (χ1) is 17.6. The van der Waals surface area contributed by atoms with Crippen LogP contribution in [0.3, 0.4) is 0 Å². The molecule has 2 aromatic rings. The lowest BCUT2D eigenvalue weighted by Gasteiger charge is -2.37. The molecule has 1 aromatic heterocycles. The third-order valence-corrected chi connectivity index (χ3v) is 7.43. The Balaban J connectivity index is 1.94. The van der Waals surface area contributed by atoms with Crippen molar-refractivity contribution in [3.05, 3.63) is 36.2 Å². The Morgan fingerprint density at radius 1 is 1.16 bits per heavy atom. The summed E-state index contributed by atoms with van der Waals surface area (Å²) in [7, 11) is -5.43. The Bertz CT molecular complexity index is 1110. The molecule has 0 spiro atoms. The van der Waals surface area contributed by atoms with Gasteiger partial charge in [0.15, 0.2) is 0 Å². The fourth-order valence-corrected chi connectivity index (χ4v) is 4.89. The van der Waals surface area contributed by atoms with Crippen LogP contribution in [0.25, 0.3) is 0 Å². The quantitative estimate of drug-likeness (QED) is 0.400. The summed E-state index contributed by atoms with van der Waals surface area (Å²) < 4.78 is 74.1. The maximum atomic E-state index is 12.8. The number of alkyl halides is 3. The number of rotatable bonds is 12. The van der Waals surface area contributed by atoms with Gasteiger partial charge in [0.1, 0.15) is 0 Å². The van der Waals surface area contributed by atoms with Crippen molar-refractivity contribution in [1.29, 1.82) is 0 Å². The largest absolute Gasteiger partial charge is 0.511 e. The number of benzene rings is 1. The molecule has 1 unspecified atom stereocenters. The second kappa shape index (κ2) is 12.7. The molecular formula is C24H34F3N5O4S. The fraction of sp³-hybridized carbons (Fsp3) is 0.583. The van der Waals surface area contributed by atoms with Crippen molar-refractivity contribution in [1.82, 2.24) is 14.7 Å². The molecule has 206 valence electrons. The summed E-state index contributed by atoms with van der Waals surface area (Å²) in [5.74, 6) is -0.471. The van der Waals surface area contributed by atoms with E-state index in [0.29, 0.717) is 37.5 Å². The predicted molar refractivity (Wildman–Crippen MR) is 136 cm³/mol. The van der Waals surface area contributed by atoms with Crippen molar-refractivity contribution < 1.29 is 31.1 Å². The van der Waals surface area contributed by atoms with Crippen molar-refractivity contribution >= 4 is 27.1 Å². The third-order valence-electron chi connectivity index (χ3n) is 6.27. The zero-order chi connectivity index (χ0) is 27.1. The number of hydrogen-bond acceptors (Lipinski definition) is 8. The van der Waals surface area contributed by atoms with E-state index >= 15 is 0 Å². The minimum absolute atomic E-state index is 0.252. The highest BCUT2D eigenvalue weighted by molar-refractivity contribution is 7.90. The summed E-state index contributed by atoms with van der Waals surface area (Å²) in [4.78, 5) is 10.7. The van der Waals surface area contributed by atoms with Gasteiger partial charge in [0.05, 0.1) is 36.1 Å². The number of hydrogen-bond donors (Lipinski definition) is 2. The Morgan fingerprint density at radius 2 is 1.84 bits per heavy atom. The van der Waals surface area contributed by atoms with E-state index in [4.69, 9.17) is 9.47 Å². The van der Waals surface area contributed by atoms with Gasteiger partial charge in [-0.3, -0.25) is 0 Å². The average Bonchev–Trinajstić information content (AvgIpc) is 2.87. The Kier molecular flexibility index (Phi) is 9.96. The molecule has 1 aliphatic rings. The summed E-state index contributed by atoms with van der Waals surface area (Å²) in [5, 5.41) is 3.34. The van der Waals surface area contributed by atoms with Crippen LogP contribution in [0, 0.1) is 0 Å². The molecule has 37 heavy (non-hydrogen) atoms. The molecule has 3 rings (SSSR count). The standard InChI is InChI=1S/C24H34F3N5O4S/c1-4-17(14-30-37(33,34)24(25,26)27)18-7-8-22(32(5-2)20-9-11-35-12-10-20)21(13-18)31-19-15-28-23(29-16-19)36-6-3/h7-8,13,15-17,20,30-31H,4-6,9-12,14H2,1-3H3. The number of ether oxygens (including phenoxy) is 2. The van der Waals surface area contributed by atoms with Crippen LogP contribution in [0.15, 0.2) is 30.6 Å². The van der Waals surface area contributed by atoms with Gasteiger partial charge in [-0.15, -0.1) is 0 Å². The van der Waals surface area contributed by atoms with Gasteiger partial charge in [-0.25, -0.2) is 23.1 Å². The fourth-order valence-electron chi connectivity index (χ4n) is 4.31. The highest BCUT2D eigenvalue weighted by Gasteiger charge is 2.45. The van der Waals surface area contributed by atoms with Crippen LogP contribution in [-0.2, 0) is 14.8 Å². The average molecular weight is 546 g/mol. The molecule has 1 atom stereocenters. The molecule has 1 fully saturated rings. The van der Waals surface area contributed by atoms with Gasteiger partial charge in [-0.1, -0.05) is 13.0 Å². The van der Waals surface area contributed by atoms with Crippen LogP contribution in [-0.4, -0.2) is 62.8 Å². The number of nitrogens with one attached hydrogen (secondary N) is 2. The molecule has 2 N–H and O–H groups in total. The number of anilines is 3. The molecule has 1 saturated heterocycles. The Morgan fingerprint density at radius 3 is 2.41 bits per heavy atom. The first-order valence-electron chi connectivity index (χ1n) is 12.4. The van der Waals surface area contributed by atoms with E-state index in [1.807, 2.05) is 25.1 Å². The van der Waals surface area contributed by atoms with Crippen LogP contribution >= 0.6 is 0 Å². The van der Waals surface area contributed by atoms with Crippen LogP contribution < -0.4 is 19.7 Å². The van der Waals surface area contributed by atoms with Gasteiger partial charge < -0.3 is 19.7 Å². The smallest absolute Gasteiger partial charge is 0.464 e. The monoisotopic (exact) mass is 545 g/mol. The minimum Gasteiger partial charge on any atom is -0.464 e. The molecule has 0 radical (unpaired) electrons. The highest BCUT2D eigenvalue weighted by atomic mass is 32.2. The molecule has 1 aliphatic heterocycles. The minimum atomic E-state index is -5.43. The van der Waals surface area contributed by atoms with E-state index in [0.717, 1.165) is 30.8 Å². The van der Waals surface area contributed by atoms with E-state index in [9.17, 15) is 21.6 Å². The third kappa shape index (κ3) is 7.45. The molecule has 0 saturated carbocycles. The molecule has 1 aromatic carbocycles. The van der Waals surface area contributed by atoms with Gasteiger partial charge >= 0.3 is 21.5 Å². The molecule has 0 aliphatic carbocycles. The lowest BCUT2D eigenvalue weighted by Crippen LogP contribution is -2.40. The van der Waals surface area contributed by atoms with Crippen LogP contribution in [0.4, 0.5) is 30.2 Å². The predicted octanol–water partition coefficient (Wildman–Crippen LogP) is 4.56. The van der Waals surface area contributed by atoms with Gasteiger partial charge in [-0.05, 0) is 56.7 Å². The Hall–Kier alpha value is -2.64. The summed E-state index contributed by atoms with van der Waals surface area (Å²) in [6, 6.07) is 6.13. The lowest BCUT2D eigenvalue weighted by atomic mass is 9.95. The molecule has 2 heterocycles. The second-order valence-electron chi connectivity index (χ2n) is 8.62. The van der Waals surface area contributed by atoms with E-state index in [1.54, 1.807) is 24.0 Å². The number of aromatic nitrogens is 2. The van der Waals surface area contributed by atoms with E-state index in [-0.39, 0.29) is 18.6 Å². The van der Waals surface area contributed by atoms with Gasteiger partial charge in [0.2, 0.25) is 0 Å². The van der Waals surface area contributed by atoms with Gasteiger partial charge in [-0.2, -0.15) is 13.2 Å². The van der Waals surface area contributed by atoms with E-state index in [1.165, 1.54) is 0 Å². The van der Waals surface area contributed by atoms with E-state index in [2.05, 4.69) is 27.1 Å². The lowest BCUT2D eigenvalue weighted by molar-refractivity contribution is -0.0448. The molecular weight excluding hydrogens is 511 g/mol. The zero-order valence-electron chi connectivity index (χ0n) is 21.2. The molecule has 9 nitrogen and oxygen atoms in total. The van der Waals surface area contributed by atoms with Crippen molar-refractivity contribution in [3.63, 3.8) is 0 Å². The van der Waals surface area contributed by atoms with E-state index < -0.39 is 21.4 Å². The highest BCUT2D eigenvalue weighted by Crippen LogP contribution is 2.35. The first kappa shape index (κ1) is 28.9. The Labute approximate surface area is 215 Å². The normalized spacial score (nSPS) is 15.8. The summed E-state index contributed by atoms with van der Waals surface area (Å²) in [5.41, 5.74) is -2.42. The number of sulfonamides is 1. The van der Waals surface area contributed by atoms with Crippen molar-refractivity contribution in [2.75, 3.05) is 43.1 Å². The SMILES string of the molecule is CCOc1ncc(Nc2cc(C(CC)CNS(=O)(=O)C(F)(F)F)ccc2N(CC)C2CCOCC2)cn1. The summed E-state index contributed by atoms with van der Waals surface area (Å²) >= 11 is 0. The summed E-state index contributed by atoms with van der Waals surface area (Å²) in [6.07, 6.45) is 5.36. The summed E-state index contributed by atoms with van der Waals surface area (Å²) in [6.45, 7) is 7.84. The number of halogens is 3. The molecule has 0 amide bonds. The maximum absolute atomic E-state index is 12.8. The van der Waals surface area contributed by atoms with Crippen molar-refractivity contribution in [2.24, 2.45) is 0 Å². The van der Waals surface area contributed by atoms with Crippen LogP contribution in [0.2, 0.25) is 0 Å².